The van der Waals surface area contributed by atoms with E-state index in [4.69, 9.17) is 0 Å². The third kappa shape index (κ3) is 5.64. The summed E-state index contributed by atoms with van der Waals surface area (Å²) in [5.41, 5.74) is 10.8. The molecule has 0 N–H and O–H groups in total. The summed E-state index contributed by atoms with van der Waals surface area (Å²) < 4.78 is 2.48. The van der Waals surface area contributed by atoms with Crippen LogP contribution in [0.2, 0.25) is 10.5 Å². The normalized spacial score (nSPS) is 16.7. The van der Waals surface area contributed by atoms with E-state index >= 15 is 0 Å². The van der Waals surface area contributed by atoms with Gasteiger partial charge in [-0.15, -0.1) is 0 Å². The summed E-state index contributed by atoms with van der Waals surface area (Å²) in [5, 5.41) is 2.94. The van der Waals surface area contributed by atoms with Gasteiger partial charge in [0.25, 0.3) is 0 Å². The van der Waals surface area contributed by atoms with E-state index in [-0.39, 0.29) is 24.8 Å². The predicted octanol–water partition coefficient (Wildman–Crippen LogP) is 1.67. The molecule has 0 aromatic heterocycles. The molecular weight excluding hydrogens is 547 g/mol. The maximum atomic E-state index is 2.41. The Balaban J connectivity index is 0.000000581. The number of hydrogen-bond donors (Lipinski definition) is 0. The van der Waals surface area contributed by atoms with E-state index in [1.165, 1.54) is 21.6 Å². The van der Waals surface area contributed by atoms with E-state index in [0.717, 1.165) is 0 Å². The van der Waals surface area contributed by atoms with Crippen LogP contribution < -0.4 is 24.8 Å². The summed E-state index contributed by atoms with van der Waals surface area (Å²) in [6.45, 7) is 13.9. The van der Waals surface area contributed by atoms with Crippen molar-refractivity contribution in [1.29, 1.82) is 0 Å². The average molecular weight is 579 g/mol. The van der Waals surface area contributed by atoms with Crippen molar-refractivity contribution in [2.45, 2.75) is 55.7 Å². The van der Waals surface area contributed by atoms with Gasteiger partial charge in [-0.25, -0.2) is 0 Å². The molecular formula is C26H32Cl2GeZr. The smallest absolute Gasteiger partial charge is 1.00 e. The summed E-state index contributed by atoms with van der Waals surface area (Å²) >= 11 is -0.187. The van der Waals surface area contributed by atoms with Crippen molar-refractivity contribution in [3.8, 4) is 11.1 Å². The molecule has 158 valence electrons. The fourth-order valence-corrected chi connectivity index (χ4v) is 10.3. The zero-order chi connectivity index (χ0) is 20.3. The van der Waals surface area contributed by atoms with Crippen molar-refractivity contribution in [2.75, 3.05) is 0 Å². The molecule has 0 spiro atoms. The number of hydrogen-bond acceptors (Lipinski definition) is 0. The first-order valence-corrected chi connectivity index (χ1v) is 16.2. The van der Waals surface area contributed by atoms with Crippen LogP contribution in [0.5, 0.6) is 0 Å². The molecule has 0 fully saturated rings. The Kier molecular flexibility index (Phi) is 12.0. The van der Waals surface area contributed by atoms with E-state index in [2.05, 4.69) is 90.1 Å². The van der Waals surface area contributed by atoms with Gasteiger partial charge in [0.15, 0.2) is 0 Å². The molecule has 1 atom stereocenters. The summed E-state index contributed by atoms with van der Waals surface area (Å²) in [6.07, 6.45) is 0. The van der Waals surface area contributed by atoms with Crippen LogP contribution in [0.4, 0.5) is 0 Å². The van der Waals surface area contributed by atoms with Crippen LogP contribution in [0.25, 0.3) is 11.1 Å². The van der Waals surface area contributed by atoms with Gasteiger partial charge in [-0.1, -0.05) is 0 Å². The average Bonchev–Trinajstić information content (AvgIpc) is 3.13. The molecule has 0 amide bonds. The molecule has 2 aliphatic carbocycles. The van der Waals surface area contributed by atoms with Gasteiger partial charge in [-0.3, -0.25) is 0 Å². The molecule has 4 rings (SSSR count). The number of rotatable bonds is 4. The molecule has 0 saturated heterocycles. The van der Waals surface area contributed by atoms with Crippen molar-refractivity contribution < 1.29 is 48.0 Å². The second-order valence-corrected chi connectivity index (χ2v) is 15.2. The molecule has 4 heteroatoms. The maximum absolute atomic E-state index is 2.41. The van der Waals surface area contributed by atoms with Crippen LogP contribution in [0.3, 0.4) is 0 Å². The van der Waals surface area contributed by atoms with Crippen molar-refractivity contribution in [1.82, 2.24) is 0 Å². The molecule has 2 aromatic rings. The number of halogens is 2. The predicted molar refractivity (Wildman–Crippen MR) is 121 cm³/mol. The first-order chi connectivity index (χ1) is 13.5. The number of allylic oxidation sites excluding steroid dienone is 4. The van der Waals surface area contributed by atoms with Crippen LogP contribution in [0, 0.1) is 5.92 Å². The van der Waals surface area contributed by atoms with Crippen molar-refractivity contribution in [3.63, 3.8) is 0 Å². The zero-order valence-electron chi connectivity index (χ0n) is 18.9. The molecule has 0 heterocycles. The second kappa shape index (κ2) is 12.8. The first-order valence-electron chi connectivity index (χ1n) is 10.5. The molecule has 2 radical (unpaired) electrons. The third-order valence-corrected chi connectivity index (χ3v) is 13.4. The minimum Gasteiger partial charge on any atom is -1.00 e. The third-order valence-electron chi connectivity index (χ3n) is 6.27. The Morgan fingerprint density at radius 2 is 1.23 bits per heavy atom. The topological polar surface area (TPSA) is 0 Å². The summed E-state index contributed by atoms with van der Waals surface area (Å²) in [6, 6.07) is 18.1. The van der Waals surface area contributed by atoms with Gasteiger partial charge in [0.05, 0.1) is 0 Å². The Labute approximate surface area is 214 Å². The second-order valence-electron chi connectivity index (χ2n) is 7.78. The van der Waals surface area contributed by atoms with E-state index in [9.17, 15) is 0 Å². The van der Waals surface area contributed by atoms with Crippen LogP contribution in [0.1, 0.15) is 56.3 Å². The quantitative estimate of drug-likeness (QED) is 0.484. The Morgan fingerprint density at radius 3 is 1.60 bits per heavy atom. The van der Waals surface area contributed by atoms with Gasteiger partial charge < -0.3 is 24.8 Å². The monoisotopic (exact) mass is 578 g/mol. The van der Waals surface area contributed by atoms with E-state index in [1.807, 2.05) is 0 Å². The molecule has 0 nitrogen and oxygen atoms in total. The van der Waals surface area contributed by atoms with Gasteiger partial charge in [-0.05, 0) is 0 Å². The van der Waals surface area contributed by atoms with Gasteiger partial charge >= 0.3 is 191 Å². The molecule has 1 unspecified atom stereocenters. The molecule has 2 aromatic carbocycles. The van der Waals surface area contributed by atoms with Gasteiger partial charge in [0, 0.05) is 0 Å². The maximum Gasteiger partial charge on any atom is -1.00 e. The summed E-state index contributed by atoms with van der Waals surface area (Å²) in [5.74, 6) is 0.668. The Bertz CT molecular complexity index is 869. The van der Waals surface area contributed by atoms with E-state index in [1.54, 1.807) is 31.1 Å². The number of fused-ring (bicyclic) bond motifs is 3. The van der Waals surface area contributed by atoms with E-state index < -0.39 is 23.2 Å². The fourth-order valence-electron chi connectivity index (χ4n) is 4.31. The first kappa shape index (κ1) is 28.0. The SMILES string of the molecule is CC1=C(C)C(C)[C]([Zr+2][CH]2c3ccccc3-c3ccccc32)=C1C.C[CH2][Ge][CH2]C.[Cl-].[Cl-]. The van der Waals surface area contributed by atoms with Gasteiger partial charge in [-0.2, -0.15) is 0 Å². The van der Waals surface area contributed by atoms with Gasteiger partial charge in [0.2, 0.25) is 0 Å². The molecule has 30 heavy (non-hydrogen) atoms. The summed E-state index contributed by atoms with van der Waals surface area (Å²) in [4.78, 5) is 0. The van der Waals surface area contributed by atoms with Crippen LogP contribution in [0.15, 0.2) is 68.5 Å². The van der Waals surface area contributed by atoms with Crippen LogP contribution in [-0.2, 0) is 23.2 Å². The fraction of sp³-hybridized carbons (Fsp3) is 0.385. The van der Waals surface area contributed by atoms with Crippen molar-refractivity contribution in [2.24, 2.45) is 5.92 Å². The molecule has 2 aliphatic rings. The Hall–Kier alpha value is -0.0740. The summed E-state index contributed by atoms with van der Waals surface area (Å²) in [7, 11) is 0. The minimum absolute atomic E-state index is 0. The van der Waals surface area contributed by atoms with Crippen molar-refractivity contribution >= 4 is 15.4 Å². The molecule has 0 aliphatic heterocycles. The Morgan fingerprint density at radius 1 is 0.767 bits per heavy atom. The largest absolute Gasteiger partial charge is 1.00 e. The van der Waals surface area contributed by atoms with Crippen LogP contribution >= 0.6 is 0 Å². The van der Waals surface area contributed by atoms with Crippen molar-refractivity contribution in [3.05, 3.63) is 79.7 Å². The number of benzene rings is 2. The van der Waals surface area contributed by atoms with Gasteiger partial charge in [0.1, 0.15) is 0 Å². The van der Waals surface area contributed by atoms with Crippen LogP contribution in [-0.4, -0.2) is 15.4 Å². The molecule has 0 bridgehead atoms. The minimum atomic E-state index is -0.715. The standard InChI is InChI=1S/C13H9.C9H13.C4H10Ge.2ClH.Zr/c1-3-7-12-10(5-1)9-11-6-2-4-8-13(11)12;1-6-5-7(2)9(4)8(6)3;1-3-5-4-2;;;/h1-9H;6H,1-4H3;3-4H2,1-2H3;2*1H;/q;;;;;+2/p-2. The van der Waals surface area contributed by atoms with E-state index in [0.29, 0.717) is 25.0 Å². The zero-order valence-corrected chi connectivity index (χ0v) is 25.0. The molecule has 0 saturated carbocycles.